The third-order valence-electron chi connectivity index (χ3n) is 3.22. The Balaban J connectivity index is 2.04. The predicted octanol–water partition coefficient (Wildman–Crippen LogP) is 3.19. The summed E-state index contributed by atoms with van der Waals surface area (Å²) in [4.78, 5) is 10.5. The van der Waals surface area contributed by atoms with Gasteiger partial charge >= 0.3 is 0 Å². The number of rotatable bonds is 6. The molecule has 1 N–H and O–H groups in total. The highest BCUT2D eigenvalue weighted by Gasteiger charge is 2.17. The number of aliphatic hydroxyl groups excluding tert-OH is 1. The van der Waals surface area contributed by atoms with Crippen LogP contribution in [0.25, 0.3) is 0 Å². The van der Waals surface area contributed by atoms with Gasteiger partial charge in [-0.3, -0.25) is 4.90 Å². The van der Waals surface area contributed by atoms with Gasteiger partial charge in [-0.05, 0) is 20.0 Å². The zero-order chi connectivity index (χ0) is 15.4. The van der Waals surface area contributed by atoms with E-state index in [4.69, 9.17) is 23.2 Å². The molecule has 0 aliphatic heterocycles. The van der Waals surface area contributed by atoms with Gasteiger partial charge in [-0.15, -0.1) is 11.3 Å². The number of likely N-dealkylation sites (N-methyl/N-ethyl adjacent to an activating group) is 1. The number of aromatic nitrogens is 2. The highest BCUT2D eigenvalue weighted by molar-refractivity contribution is 7.09. The van der Waals surface area contributed by atoms with Crippen molar-refractivity contribution in [1.29, 1.82) is 0 Å². The summed E-state index contributed by atoms with van der Waals surface area (Å²) in [5, 5.41) is 13.4. The fraction of sp³-hybridized carbons (Fsp3) is 0.429. The molecular formula is C14H17Cl2N3OS. The molecule has 0 aliphatic rings. The molecule has 0 saturated carbocycles. The first-order valence-electron chi connectivity index (χ1n) is 6.52. The summed E-state index contributed by atoms with van der Waals surface area (Å²) in [6, 6.07) is 3.56. The van der Waals surface area contributed by atoms with Crippen molar-refractivity contribution < 1.29 is 5.11 Å². The Labute approximate surface area is 138 Å². The first-order valence-corrected chi connectivity index (χ1v) is 8.16. The molecule has 7 heteroatoms. The number of pyridine rings is 1. The number of hydrogen-bond donors (Lipinski definition) is 1. The Hall–Kier alpha value is -0.720. The summed E-state index contributed by atoms with van der Waals surface area (Å²) in [5.74, 6) is 0. The molecular weight excluding hydrogens is 329 g/mol. The van der Waals surface area contributed by atoms with Crippen molar-refractivity contribution in [1.82, 2.24) is 14.9 Å². The fourth-order valence-electron chi connectivity index (χ4n) is 2.01. The molecule has 0 saturated heterocycles. The van der Waals surface area contributed by atoms with Crippen LogP contribution in [0.5, 0.6) is 0 Å². The molecule has 1 atom stereocenters. The molecule has 1 unspecified atom stereocenters. The summed E-state index contributed by atoms with van der Waals surface area (Å²) < 4.78 is 0. The molecule has 0 bridgehead atoms. The van der Waals surface area contributed by atoms with Crippen LogP contribution < -0.4 is 0 Å². The zero-order valence-corrected chi connectivity index (χ0v) is 14.2. The summed E-state index contributed by atoms with van der Waals surface area (Å²) in [6.45, 7) is 2.63. The average Bonchev–Trinajstić information content (AvgIpc) is 2.84. The van der Waals surface area contributed by atoms with Crippen molar-refractivity contribution >= 4 is 34.5 Å². The van der Waals surface area contributed by atoms with Crippen LogP contribution in [-0.4, -0.2) is 39.7 Å². The average molecular weight is 346 g/mol. The van der Waals surface area contributed by atoms with Crippen molar-refractivity contribution in [2.24, 2.45) is 0 Å². The van der Waals surface area contributed by atoms with E-state index in [-0.39, 0.29) is 12.6 Å². The molecule has 2 aromatic rings. The van der Waals surface area contributed by atoms with E-state index in [9.17, 15) is 5.11 Å². The molecule has 0 aliphatic carbocycles. The maximum atomic E-state index is 9.62. The van der Waals surface area contributed by atoms with Gasteiger partial charge in [0.05, 0.1) is 11.6 Å². The van der Waals surface area contributed by atoms with E-state index in [1.54, 1.807) is 17.4 Å². The Morgan fingerprint density at radius 1 is 1.33 bits per heavy atom. The monoisotopic (exact) mass is 345 g/mol. The Morgan fingerprint density at radius 3 is 2.67 bits per heavy atom. The third kappa shape index (κ3) is 4.63. The standard InChI is InChI=1S/C14H17Cl2N3OS/c1-9-8-21-13(17-9)5-11(7-20)19(2)6-10-3-4-12(15)18-14(10)16/h3-4,8,11,20H,5-7H2,1-2H3. The van der Waals surface area contributed by atoms with Crippen LogP contribution in [0, 0.1) is 6.92 Å². The van der Waals surface area contributed by atoms with E-state index in [0.717, 1.165) is 16.3 Å². The molecule has 2 aromatic heterocycles. The third-order valence-corrected chi connectivity index (χ3v) is 4.75. The molecule has 0 radical (unpaired) electrons. The SMILES string of the molecule is Cc1csc(CC(CO)N(C)Cc2ccc(Cl)nc2Cl)n1. The molecule has 2 heterocycles. The lowest BCUT2D eigenvalue weighted by Crippen LogP contribution is -2.36. The zero-order valence-electron chi connectivity index (χ0n) is 11.9. The maximum absolute atomic E-state index is 9.62. The topological polar surface area (TPSA) is 49.2 Å². The van der Waals surface area contributed by atoms with Gasteiger partial charge < -0.3 is 5.11 Å². The van der Waals surface area contributed by atoms with Crippen molar-refractivity contribution in [3.8, 4) is 0 Å². The van der Waals surface area contributed by atoms with Crippen molar-refractivity contribution in [2.75, 3.05) is 13.7 Å². The minimum atomic E-state index is -0.0118. The van der Waals surface area contributed by atoms with E-state index >= 15 is 0 Å². The second kappa shape index (κ2) is 7.51. The normalized spacial score (nSPS) is 12.9. The summed E-state index contributed by atoms with van der Waals surface area (Å²) in [6.07, 6.45) is 0.712. The highest BCUT2D eigenvalue weighted by atomic mass is 35.5. The van der Waals surface area contributed by atoms with Gasteiger partial charge in [0.1, 0.15) is 10.3 Å². The number of aliphatic hydroxyl groups is 1. The first kappa shape index (κ1) is 16.6. The molecule has 0 fully saturated rings. The van der Waals surface area contributed by atoms with Crippen molar-refractivity contribution in [3.05, 3.63) is 44.1 Å². The largest absolute Gasteiger partial charge is 0.395 e. The lowest BCUT2D eigenvalue weighted by molar-refractivity contribution is 0.141. The molecule has 2 rings (SSSR count). The van der Waals surface area contributed by atoms with Gasteiger partial charge in [0.15, 0.2) is 0 Å². The van der Waals surface area contributed by atoms with Gasteiger partial charge in [0, 0.05) is 35.6 Å². The molecule has 4 nitrogen and oxygen atoms in total. The Kier molecular flexibility index (Phi) is 5.96. The lowest BCUT2D eigenvalue weighted by Gasteiger charge is -2.26. The minimum Gasteiger partial charge on any atom is -0.395 e. The van der Waals surface area contributed by atoms with E-state index in [2.05, 4.69) is 9.97 Å². The van der Waals surface area contributed by atoms with Crippen LogP contribution in [0.4, 0.5) is 0 Å². The van der Waals surface area contributed by atoms with Crippen molar-refractivity contribution in [3.63, 3.8) is 0 Å². The van der Waals surface area contributed by atoms with Gasteiger partial charge in [0.2, 0.25) is 0 Å². The smallest absolute Gasteiger partial charge is 0.135 e. The predicted molar refractivity (Wildman–Crippen MR) is 87.2 cm³/mol. The molecule has 0 amide bonds. The molecule has 114 valence electrons. The maximum Gasteiger partial charge on any atom is 0.135 e. The quantitative estimate of drug-likeness (QED) is 0.816. The van der Waals surface area contributed by atoms with Gasteiger partial charge in [-0.2, -0.15) is 0 Å². The Morgan fingerprint density at radius 2 is 2.10 bits per heavy atom. The molecule has 0 aromatic carbocycles. The number of aryl methyl sites for hydroxylation is 1. The van der Waals surface area contributed by atoms with E-state index < -0.39 is 0 Å². The van der Waals surface area contributed by atoms with Crippen LogP contribution in [0.3, 0.4) is 0 Å². The van der Waals surface area contributed by atoms with Gasteiger partial charge in [-0.25, -0.2) is 9.97 Å². The minimum absolute atomic E-state index is 0.0118. The van der Waals surface area contributed by atoms with E-state index in [1.807, 2.05) is 30.3 Å². The second-order valence-electron chi connectivity index (χ2n) is 4.92. The number of halogens is 2. The highest BCUT2D eigenvalue weighted by Crippen LogP contribution is 2.20. The Bertz CT molecular complexity index is 606. The second-order valence-corrected chi connectivity index (χ2v) is 6.61. The summed E-state index contributed by atoms with van der Waals surface area (Å²) in [7, 11) is 1.95. The van der Waals surface area contributed by atoms with Crippen LogP contribution in [0.15, 0.2) is 17.5 Å². The van der Waals surface area contributed by atoms with Gasteiger partial charge in [0.25, 0.3) is 0 Å². The number of hydrogen-bond acceptors (Lipinski definition) is 5. The fourth-order valence-corrected chi connectivity index (χ4v) is 3.26. The first-order chi connectivity index (χ1) is 9.99. The molecule has 21 heavy (non-hydrogen) atoms. The lowest BCUT2D eigenvalue weighted by atomic mass is 10.1. The number of nitrogens with zero attached hydrogens (tertiary/aromatic N) is 3. The van der Waals surface area contributed by atoms with Crippen LogP contribution in [-0.2, 0) is 13.0 Å². The van der Waals surface area contributed by atoms with Crippen molar-refractivity contribution in [2.45, 2.75) is 25.9 Å². The van der Waals surface area contributed by atoms with E-state index in [0.29, 0.717) is 23.3 Å². The summed E-state index contributed by atoms with van der Waals surface area (Å²) in [5.41, 5.74) is 1.90. The van der Waals surface area contributed by atoms with Gasteiger partial charge in [-0.1, -0.05) is 29.3 Å². The molecule has 0 spiro atoms. The van der Waals surface area contributed by atoms with E-state index in [1.165, 1.54) is 0 Å². The van der Waals surface area contributed by atoms with Crippen LogP contribution in [0.2, 0.25) is 10.3 Å². The van der Waals surface area contributed by atoms with Crippen LogP contribution >= 0.6 is 34.5 Å². The summed E-state index contributed by atoms with van der Waals surface area (Å²) >= 11 is 13.5. The number of thiazole rings is 1. The van der Waals surface area contributed by atoms with Crippen LogP contribution in [0.1, 0.15) is 16.3 Å².